The topological polar surface area (TPSA) is 462 Å². The van der Waals surface area contributed by atoms with Gasteiger partial charge in [0.25, 0.3) is 57.3 Å². The van der Waals surface area contributed by atoms with Crippen LogP contribution in [-0.2, 0) is 0 Å². The highest BCUT2D eigenvalue weighted by molar-refractivity contribution is 7.13. The molecule has 5 amide bonds. The molecule has 10 N–H and O–H groups in total. The zero-order chi connectivity index (χ0) is 96.9. The summed E-state index contributed by atoms with van der Waals surface area (Å²) < 4.78 is 18.5. The summed E-state index contributed by atoms with van der Waals surface area (Å²) in [5, 5.41) is 16.4. The van der Waals surface area contributed by atoms with Crippen molar-refractivity contribution in [2.24, 2.45) is 0 Å². The van der Waals surface area contributed by atoms with Crippen LogP contribution in [0.15, 0.2) is 413 Å². The molecule has 0 saturated heterocycles. The van der Waals surface area contributed by atoms with Gasteiger partial charge in [-0.1, -0.05) is 60.5 Å². The predicted molar refractivity (Wildman–Crippen MR) is 533 cm³/mol. The lowest BCUT2D eigenvalue weighted by Crippen LogP contribution is -2.20. The van der Waals surface area contributed by atoms with Gasteiger partial charge in [-0.25, -0.2) is 15.0 Å². The van der Waals surface area contributed by atoms with Crippen LogP contribution in [0.25, 0.3) is 82.8 Å². The van der Waals surface area contributed by atoms with Gasteiger partial charge in [-0.2, -0.15) is 0 Å². The summed E-state index contributed by atoms with van der Waals surface area (Å²) in [6.45, 7) is 0. The molecule has 0 saturated carbocycles. The van der Waals surface area contributed by atoms with Gasteiger partial charge in [-0.3, -0.25) is 77.8 Å². The SMILES string of the molecule is COc1cc(C(=O)Nc2cc(-c3ccncc3)c[nH]c2=O)nc2ccccc12.O=C(Nc1cc(-c2ccncc2)c[nH]c1=O)c1ccc(-n2ccnc2)cc1.O=C(Nc1cc(-c2ccncc2)c[nH]c1=O)c1ccc(C#Cc2ccccc2)o1.O=C(Nc1cc(-c2ccncc2)c[nH]c1=O)c1cccc(Oc2ccccc2)c1.O=C(Nc1cc(-c2ccncc2)c[nH]c1=O)c1csc(-c2ccncc2)n1. The number of nitrogens with one attached hydrogen (secondary N) is 10. The fourth-order valence-corrected chi connectivity index (χ4v) is 14.3. The van der Waals surface area contributed by atoms with Crippen LogP contribution >= 0.6 is 11.3 Å². The van der Waals surface area contributed by atoms with Crippen molar-refractivity contribution in [3.05, 3.63) is 476 Å². The number of amides is 5. The average Bonchev–Trinajstić information content (AvgIpc) is 1.04. The van der Waals surface area contributed by atoms with E-state index in [9.17, 15) is 47.9 Å². The van der Waals surface area contributed by atoms with Gasteiger partial charge in [0.1, 0.15) is 62.1 Å². The molecule has 0 bridgehead atoms. The summed E-state index contributed by atoms with van der Waals surface area (Å²) in [5.41, 5.74) is 11.5. The number of rotatable bonds is 20. The second kappa shape index (κ2) is 45.3. The molecular weight excluding hydrogens is 1790 g/mol. The summed E-state index contributed by atoms with van der Waals surface area (Å²) in [6, 6.07) is 74.6. The van der Waals surface area contributed by atoms with Crippen LogP contribution in [0, 0.1) is 11.8 Å². The Morgan fingerprint density at radius 1 is 0.350 bits per heavy atom. The van der Waals surface area contributed by atoms with Gasteiger partial charge in [0.15, 0.2) is 11.5 Å². The first-order chi connectivity index (χ1) is 68.4. The van der Waals surface area contributed by atoms with Gasteiger partial charge in [0, 0.05) is 190 Å². The Bertz CT molecular complexity index is 8160. The van der Waals surface area contributed by atoms with Crippen molar-refractivity contribution in [1.29, 1.82) is 0 Å². The molecule has 0 aliphatic carbocycles. The number of imidazole rings is 1. The van der Waals surface area contributed by atoms with Crippen molar-refractivity contribution in [3.63, 3.8) is 0 Å². The summed E-state index contributed by atoms with van der Waals surface area (Å²) in [7, 11) is 1.53. The number of nitrogens with zero attached hydrogens (tertiary/aromatic N) is 10. The third kappa shape index (κ3) is 24.6. The molecule has 0 radical (unpaired) electrons. The van der Waals surface area contributed by atoms with Crippen molar-refractivity contribution in [1.82, 2.24) is 74.3 Å². The van der Waals surface area contributed by atoms with Crippen LogP contribution in [0.4, 0.5) is 28.4 Å². The molecule has 0 fully saturated rings. The van der Waals surface area contributed by atoms with Crippen LogP contribution in [0.1, 0.15) is 63.6 Å². The summed E-state index contributed by atoms with van der Waals surface area (Å²) in [4.78, 5) is 173. The molecule has 33 nitrogen and oxygen atoms in total. The predicted octanol–water partition coefficient (Wildman–Crippen LogP) is 17.5. The molecular formula is C106H76N20O13S. The van der Waals surface area contributed by atoms with E-state index in [1.54, 1.807) is 208 Å². The molecule has 20 rings (SSSR count). The molecule has 15 aromatic heterocycles. The van der Waals surface area contributed by atoms with Gasteiger partial charge >= 0.3 is 0 Å². The number of aromatic amines is 5. The van der Waals surface area contributed by atoms with Crippen molar-refractivity contribution >= 4 is 80.2 Å². The molecule has 684 valence electrons. The number of ether oxygens (including phenoxy) is 2. The first-order valence-corrected chi connectivity index (χ1v) is 43.4. The van der Waals surface area contributed by atoms with Crippen LogP contribution in [0.5, 0.6) is 17.2 Å². The van der Waals surface area contributed by atoms with Crippen LogP contribution in [-0.4, -0.2) is 111 Å². The number of benzene rings is 5. The Kier molecular flexibility index (Phi) is 30.1. The van der Waals surface area contributed by atoms with E-state index in [0.29, 0.717) is 44.7 Å². The van der Waals surface area contributed by atoms with Gasteiger partial charge in [-0.05, 0) is 228 Å². The fourth-order valence-electron chi connectivity index (χ4n) is 13.5. The molecule has 0 atom stereocenters. The van der Waals surface area contributed by atoms with Crippen molar-refractivity contribution < 1.29 is 37.9 Å². The molecule has 140 heavy (non-hydrogen) atoms. The minimum atomic E-state index is -0.532. The third-order valence-electron chi connectivity index (χ3n) is 20.6. The van der Waals surface area contributed by atoms with Gasteiger partial charge in [-0.15, -0.1) is 11.3 Å². The maximum atomic E-state index is 12.7. The van der Waals surface area contributed by atoms with E-state index in [-0.39, 0.29) is 68.2 Å². The number of hydrogen-bond donors (Lipinski definition) is 10. The number of fused-ring (bicyclic) bond motifs is 1. The lowest BCUT2D eigenvalue weighted by atomic mass is 10.1. The lowest BCUT2D eigenvalue weighted by Gasteiger charge is -2.09. The Morgan fingerprint density at radius 2 is 0.757 bits per heavy atom. The van der Waals surface area contributed by atoms with Crippen molar-refractivity contribution in [2.75, 3.05) is 33.7 Å². The second-order valence-electron chi connectivity index (χ2n) is 29.8. The molecule has 20 aromatic rings. The number of thiazole rings is 1. The van der Waals surface area contributed by atoms with E-state index >= 15 is 0 Å². The smallest absolute Gasteiger partial charge is 0.291 e. The maximum absolute atomic E-state index is 12.7. The minimum absolute atomic E-state index is 0.0658. The molecule has 15 heterocycles. The van der Waals surface area contributed by atoms with Gasteiger partial charge in [0.05, 0.1) is 19.0 Å². The van der Waals surface area contributed by atoms with E-state index in [1.165, 1.54) is 24.5 Å². The number of aromatic nitrogens is 15. The highest BCUT2D eigenvalue weighted by Gasteiger charge is 2.21. The fraction of sp³-hybridized carbons (Fsp3) is 0.00943. The molecule has 34 heteroatoms. The van der Waals surface area contributed by atoms with E-state index in [1.807, 2.05) is 175 Å². The largest absolute Gasteiger partial charge is 0.496 e. The van der Waals surface area contributed by atoms with Crippen LogP contribution in [0.2, 0.25) is 0 Å². The number of carbonyl (C=O) groups excluding carboxylic acids is 5. The van der Waals surface area contributed by atoms with Gasteiger partial charge in [0.2, 0.25) is 0 Å². The second-order valence-corrected chi connectivity index (χ2v) is 30.7. The molecule has 0 spiro atoms. The van der Waals surface area contributed by atoms with E-state index in [2.05, 4.69) is 108 Å². The lowest BCUT2D eigenvalue weighted by molar-refractivity contribution is 0.0991. The number of para-hydroxylation sites is 2. The third-order valence-corrected chi connectivity index (χ3v) is 21.5. The summed E-state index contributed by atoms with van der Waals surface area (Å²) >= 11 is 1.35. The Labute approximate surface area is 798 Å². The first kappa shape index (κ1) is 93.0. The minimum Gasteiger partial charge on any atom is -0.496 e. The first-order valence-electron chi connectivity index (χ1n) is 42.5. The quantitative estimate of drug-likeness (QED) is 0.0317. The zero-order valence-corrected chi connectivity index (χ0v) is 74.4. The van der Waals surface area contributed by atoms with Gasteiger partial charge < -0.3 is 70.0 Å². The number of H-pyrrole nitrogens is 5. The van der Waals surface area contributed by atoms with E-state index in [4.69, 9.17) is 13.9 Å². The van der Waals surface area contributed by atoms with Crippen molar-refractivity contribution in [2.45, 2.75) is 0 Å². The number of hydrogen-bond acceptors (Lipinski definition) is 23. The number of pyridine rings is 12. The normalized spacial score (nSPS) is 10.4. The number of carbonyl (C=O) groups is 5. The van der Waals surface area contributed by atoms with Crippen molar-refractivity contribution in [3.8, 4) is 101 Å². The van der Waals surface area contributed by atoms with Crippen LogP contribution in [0.3, 0.4) is 0 Å². The van der Waals surface area contributed by atoms with E-state index < -0.39 is 34.7 Å². The maximum Gasteiger partial charge on any atom is 0.291 e. The summed E-state index contributed by atoms with van der Waals surface area (Å²) in [5.74, 6) is 5.77. The Morgan fingerprint density at radius 3 is 1.21 bits per heavy atom. The Hall–Kier alpha value is -20.2. The van der Waals surface area contributed by atoms with Crippen LogP contribution < -0.4 is 63.9 Å². The molecule has 0 aliphatic heterocycles. The Balaban J connectivity index is 0.000000126. The standard InChI is InChI=1S/C23H17N3O3.C23H15N3O3.C21H16N4O3.C20H15N5O2.C19H13N5O2S/c27-22(17-5-4-8-20(13-17)29-19-6-2-1-3-7-19)26-21-14-18(15-25-23(21)28)16-9-11-24-12-10-16;27-22-20(14-18(15-25-22)17-10-12-24-13-11-17)26-23(28)21-9-8-19(29-21)7-6-16-4-2-1-3-5-16;1-28-19-11-18(24-16-5-3-2-4-15(16)19)21(27)25-17-10-14(12-23-20(17)26)13-6-8-22-9-7-13;26-19(15-1-3-17(4-2-15)25-10-9-22-13-25)24-18-11-16(12-23-20(18)27)14-5-7-21-8-6-14;25-17-15(9-14(10-22-17)12-1-5-20-6-2-12)23-18(26)16-11-27-19(24-16)13-3-7-21-8-4-13/h1-15H,(H,25,28)(H,26,27);1-5,8-15H,(H,25,27)(H,26,28);2-12H,1H3,(H,23,26)(H,25,27);1-13H,(H,23,27)(H,24,26);1-11H,(H,22,25)(H,23,26). The number of furan rings is 1. The molecule has 0 aliphatic rings. The summed E-state index contributed by atoms with van der Waals surface area (Å²) in [6.07, 6.45) is 33.1. The zero-order valence-electron chi connectivity index (χ0n) is 73.6. The molecule has 0 unspecified atom stereocenters. The highest BCUT2D eigenvalue weighted by atomic mass is 32.1. The van der Waals surface area contributed by atoms with E-state index in [0.717, 1.165) is 77.8 Å². The number of anilines is 5. The molecule has 5 aromatic carbocycles. The average molecular weight is 1870 g/mol. The highest BCUT2D eigenvalue weighted by Crippen LogP contribution is 2.31. The monoisotopic (exact) mass is 1870 g/mol. The number of methoxy groups -OCH3 is 1.